The Labute approximate surface area is 112 Å². The Morgan fingerprint density at radius 2 is 2.16 bits per heavy atom. The second-order valence-electron chi connectivity index (χ2n) is 5.34. The zero-order chi connectivity index (χ0) is 13.6. The smallest absolute Gasteiger partial charge is 0.319 e. The molecule has 0 bridgehead atoms. The standard InChI is InChI=1S/C15H16N2O2/c1-10(2)9-17-13(18)15(16-14(17)19)8-7-11-5-3-4-6-12(11)15/h3-6H,1,7-9H2,2H3,(H,16,19)/t15-/m0/s1. The third-order valence-corrected chi connectivity index (χ3v) is 3.85. The molecule has 3 rings (SSSR count). The van der Waals surface area contributed by atoms with Crippen LogP contribution in [0.3, 0.4) is 0 Å². The summed E-state index contributed by atoms with van der Waals surface area (Å²) in [6.45, 7) is 5.87. The van der Waals surface area contributed by atoms with E-state index in [-0.39, 0.29) is 18.5 Å². The van der Waals surface area contributed by atoms with Crippen molar-refractivity contribution in [3.05, 3.63) is 47.5 Å². The summed E-state index contributed by atoms with van der Waals surface area (Å²) in [4.78, 5) is 26.0. The number of hydrogen-bond donors (Lipinski definition) is 1. The van der Waals surface area contributed by atoms with Crippen molar-refractivity contribution in [3.63, 3.8) is 0 Å². The molecule has 4 nitrogen and oxygen atoms in total. The molecule has 0 unspecified atom stereocenters. The first-order valence-corrected chi connectivity index (χ1v) is 6.41. The summed E-state index contributed by atoms with van der Waals surface area (Å²) >= 11 is 0. The summed E-state index contributed by atoms with van der Waals surface area (Å²) in [6.07, 6.45) is 1.46. The van der Waals surface area contributed by atoms with E-state index in [2.05, 4.69) is 11.9 Å². The molecule has 1 aliphatic heterocycles. The number of carbonyl (C=O) groups is 2. The van der Waals surface area contributed by atoms with Crippen molar-refractivity contribution in [2.24, 2.45) is 0 Å². The van der Waals surface area contributed by atoms with Gasteiger partial charge in [0.1, 0.15) is 5.54 Å². The number of hydrogen-bond acceptors (Lipinski definition) is 2. The number of nitrogens with one attached hydrogen (secondary N) is 1. The van der Waals surface area contributed by atoms with E-state index in [9.17, 15) is 9.59 Å². The highest BCUT2D eigenvalue weighted by atomic mass is 16.2. The van der Waals surface area contributed by atoms with Gasteiger partial charge >= 0.3 is 6.03 Å². The summed E-state index contributed by atoms with van der Waals surface area (Å²) < 4.78 is 0. The third kappa shape index (κ3) is 1.59. The zero-order valence-corrected chi connectivity index (χ0v) is 10.9. The minimum Gasteiger partial charge on any atom is -0.319 e. The zero-order valence-electron chi connectivity index (χ0n) is 10.9. The molecule has 19 heavy (non-hydrogen) atoms. The average Bonchev–Trinajstić information content (AvgIpc) is 2.85. The summed E-state index contributed by atoms with van der Waals surface area (Å²) in [5.41, 5.74) is 2.04. The van der Waals surface area contributed by atoms with Crippen LogP contribution in [0.1, 0.15) is 24.5 Å². The van der Waals surface area contributed by atoms with Gasteiger partial charge in [-0.1, -0.05) is 36.4 Å². The van der Waals surface area contributed by atoms with Crippen molar-refractivity contribution in [2.75, 3.05) is 6.54 Å². The maximum absolute atomic E-state index is 12.6. The fraction of sp³-hybridized carbons (Fsp3) is 0.333. The Morgan fingerprint density at radius 3 is 2.89 bits per heavy atom. The van der Waals surface area contributed by atoms with Crippen LogP contribution in [-0.2, 0) is 16.8 Å². The first-order chi connectivity index (χ1) is 9.04. The number of aryl methyl sites for hydroxylation is 1. The highest BCUT2D eigenvalue weighted by Crippen LogP contribution is 2.41. The van der Waals surface area contributed by atoms with Gasteiger partial charge < -0.3 is 5.32 Å². The normalized spacial score (nSPS) is 24.8. The number of fused-ring (bicyclic) bond motifs is 2. The van der Waals surface area contributed by atoms with Crippen LogP contribution in [0.2, 0.25) is 0 Å². The van der Waals surface area contributed by atoms with Crippen molar-refractivity contribution >= 4 is 11.9 Å². The first kappa shape index (κ1) is 12.0. The van der Waals surface area contributed by atoms with Crippen LogP contribution in [0, 0.1) is 0 Å². The van der Waals surface area contributed by atoms with Crippen molar-refractivity contribution in [1.29, 1.82) is 0 Å². The van der Waals surface area contributed by atoms with Crippen molar-refractivity contribution in [3.8, 4) is 0 Å². The van der Waals surface area contributed by atoms with Gasteiger partial charge in [-0.3, -0.25) is 9.69 Å². The molecule has 2 aliphatic rings. The summed E-state index contributed by atoms with van der Waals surface area (Å²) in [5.74, 6) is -0.148. The van der Waals surface area contributed by atoms with Gasteiger partial charge in [-0.2, -0.15) is 0 Å². The van der Waals surface area contributed by atoms with Gasteiger partial charge in [0, 0.05) is 0 Å². The Bertz CT molecular complexity index is 594. The van der Waals surface area contributed by atoms with Crippen molar-refractivity contribution in [1.82, 2.24) is 10.2 Å². The fourth-order valence-electron chi connectivity index (χ4n) is 3.00. The maximum Gasteiger partial charge on any atom is 0.325 e. The lowest BCUT2D eigenvalue weighted by atomic mass is 9.92. The SMILES string of the molecule is C=C(C)CN1C(=O)N[C@]2(CCc3ccccc32)C1=O. The Balaban J connectivity index is 2.02. The second kappa shape index (κ2) is 3.95. The van der Waals surface area contributed by atoms with E-state index in [1.165, 1.54) is 4.90 Å². The van der Waals surface area contributed by atoms with E-state index >= 15 is 0 Å². The van der Waals surface area contributed by atoms with Crippen LogP contribution in [0.15, 0.2) is 36.4 Å². The predicted molar refractivity (Wildman–Crippen MR) is 71.5 cm³/mol. The molecule has 1 aromatic carbocycles. The third-order valence-electron chi connectivity index (χ3n) is 3.85. The molecular weight excluding hydrogens is 240 g/mol. The van der Waals surface area contributed by atoms with Crippen LogP contribution < -0.4 is 5.32 Å². The van der Waals surface area contributed by atoms with E-state index in [1.807, 2.05) is 31.2 Å². The number of urea groups is 1. The van der Waals surface area contributed by atoms with Crippen molar-refractivity contribution < 1.29 is 9.59 Å². The molecule has 1 fully saturated rings. The molecule has 1 heterocycles. The lowest BCUT2D eigenvalue weighted by Crippen LogP contribution is -2.42. The van der Waals surface area contributed by atoms with E-state index in [1.54, 1.807) is 0 Å². The number of nitrogens with zero attached hydrogens (tertiary/aromatic N) is 1. The summed E-state index contributed by atoms with van der Waals surface area (Å²) in [7, 11) is 0. The van der Waals surface area contributed by atoms with Crippen LogP contribution >= 0.6 is 0 Å². The van der Waals surface area contributed by atoms with Gasteiger partial charge in [0.25, 0.3) is 5.91 Å². The van der Waals surface area contributed by atoms with Gasteiger partial charge in [0.15, 0.2) is 0 Å². The number of carbonyl (C=O) groups excluding carboxylic acids is 2. The molecule has 4 heteroatoms. The summed E-state index contributed by atoms with van der Waals surface area (Å²) in [5, 5.41) is 2.89. The van der Waals surface area contributed by atoms with Crippen molar-refractivity contribution in [2.45, 2.75) is 25.3 Å². The highest BCUT2D eigenvalue weighted by molar-refractivity contribution is 6.08. The largest absolute Gasteiger partial charge is 0.325 e. The van der Waals surface area contributed by atoms with E-state index in [0.717, 1.165) is 23.1 Å². The van der Waals surface area contributed by atoms with Crippen LogP contribution in [0.5, 0.6) is 0 Å². The molecule has 0 aromatic heterocycles. The summed E-state index contributed by atoms with van der Waals surface area (Å²) in [6, 6.07) is 7.51. The monoisotopic (exact) mass is 256 g/mol. The molecule has 1 spiro atoms. The van der Waals surface area contributed by atoms with E-state index < -0.39 is 5.54 Å². The molecule has 0 saturated carbocycles. The van der Waals surface area contributed by atoms with Gasteiger partial charge in [-0.25, -0.2) is 4.79 Å². The minimum absolute atomic E-state index is 0.148. The first-order valence-electron chi connectivity index (χ1n) is 6.41. The molecule has 98 valence electrons. The molecule has 3 amide bonds. The van der Waals surface area contributed by atoms with E-state index in [4.69, 9.17) is 0 Å². The lowest BCUT2D eigenvalue weighted by molar-refractivity contribution is -0.131. The average molecular weight is 256 g/mol. The highest BCUT2D eigenvalue weighted by Gasteiger charge is 2.54. The Morgan fingerprint density at radius 1 is 1.42 bits per heavy atom. The molecule has 1 saturated heterocycles. The second-order valence-corrected chi connectivity index (χ2v) is 5.34. The number of imide groups is 1. The molecule has 1 atom stereocenters. The number of rotatable bonds is 2. The van der Waals surface area contributed by atoms with Gasteiger partial charge in [-0.15, -0.1) is 0 Å². The molecular formula is C15H16N2O2. The number of benzene rings is 1. The molecule has 0 radical (unpaired) electrons. The van der Waals surface area contributed by atoms with Gasteiger partial charge in [-0.05, 0) is 30.9 Å². The van der Waals surface area contributed by atoms with Gasteiger partial charge in [0.05, 0.1) is 6.54 Å². The number of amides is 3. The van der Waals surface area contributed by atoms with Crippen LogP contribution in [-0.4, -0.2) is 23.4 Å². The van der Waals surface area contributed by atoms with Crippen LogP contribution in [0.4, 0.5) is 4.79 Å². The van der Waals surface area contributed by atoms with E-state index in [0.29, 0.717) is 6.42 Å². The quantitative estimate of drug-likeness (QED) is 0.649. The molecule has 1 N–H and O–H groups in total. The van der Waals surface area contributed by atoms with Crippen LogP contribution in [0.25, 0.3) is 0 Å². The van der Waals surface area contributed by atoms with Gasteiger partial charge in [0.2, 0.25) is 0 Å². The topological polar surface area (TPSA) is 49.4 Å². The lowest BCUT2D eigenvalue weighted by Gasteiger charge is -2.22. The maximum atomic E-state index is 12.6. The minimum atomic E-state index is -0.844. The molecule has 1 aliphatic carbocycles. The Hall–Kier alpha value is -2.10. The molecule has 1 aromatic rings. The predicted octanol–water partition coefficient (Wildman–Crippen LogP) is 1.96. The Kier molecular flexibility index (Phi) is 2.49. The fourth-order valence-corrected chi connectivity index (χ4v) is 3.00.